The molecule has 0 fully saturated rings. The Kier molecular flexibility index (Phi) is 4.95. The number of carbonyl (C=O) groups excluding carboxylic acids is 1. The maximum atomic E-state index is 13.2. The van der Waals surface area contributed by atoms with Crippen LogP contribution < -0.4 is 0 Å². The van der Waals surface area contributed by atoms with E-state index in [2.05, 4.69) is 4.74 Å². The van der Waals surface area contributed by atoms with Gasteiger partial charge < -0.3 is 4.74 Å². The van der Waals surface area contributed by atoms with Crippen LogP contribution in [0.1, 0.15) is 17.7 Å². The molecule has 0 spiro atoms. The van der Waals surface area contributed by atoms with Gasteiger partial charge >= 0.3 is 5.97 Å². The number of methoxy groups -OCH3 is 1. The summed E-state index contributed by atoms with van der Waals surface area (Å²) in [5.41, 5.74) is 2.06. The van der Waals surface area contributed by atoms with Crippen molar-refractivity contribution >= 4 is 33.0 Å². The summed E-state index contributed by atoms with van der Waals surface area (Å²) >= 11 is 0. The van der Waals surface area contributed by atoms with E-state index in [1.165, 1.54) is 11.1 Å². The quantitative estimate of drug-likeness (QED) is 0.642. The monoisotopic (exact) mass is 369 g/mol. The van der Waals surface area contributed by atoms with E-state index in [9.17, 15) is 13.2 Å². The second-order valence-corrected chi connectivity index (χ2v) is 7.68. The van der Waals surface area contributed by atoms with Gasteiger partial charge in [-0.1, -0.05) is 42.0 Å². The van der Waals surface area contributed by atoms with E-state index in [1.807, 2.05) is 19.1 Å². The highest BCUT2D eigenvalue weighted by Gasteiger charge is 2.21. The van der Waals surface area contributed by atoms with Crippen LogP contribution in [-0.2, 0) is 19.6 Å². The van der Waals surface area contributed by atoms with Gasteiger partial charge in [-0.15, -0.1) is 0 Å². The topological polar surface area (TPSA) is 65.4 Å². The average Bonchev–Trinajstić information content (AvgIpc) is 3.00. The first-order valence-electron chi connectivity index (χ1n) is 8.09. The van der Waals surface area contributed by atoms with Crippen LogP contribution in [0.3, 0.4) is 0 Å². The second-order valence-electron chi connectivity index (χ2n) is 5.89. The summed E-state index contributed by atoms with van der Waals surface area (Å²) in [6.45, 7) is 1.91. The van der Waals surface area contributed by atoms with E-state index in [4.69, 9.17) is 0 Å². The summed E-state index contributed by atoms with van der Waals surface area (Å²) in [5.74, 6) is -0.384. The lowest BCUT2D eigenvalue weighted by molar-refractivity contribution is -0.139. The van der Waals surface area contributed by atoms with Crippen molar-refractivity contribution in [1.82, 2.24) is 3.97 Å². The van der Waals surface area contributed by atoms with Gasteiger partial charge in [-0.2, -0.15) is 0 Å². The minimum atomic E-state index is -3.78. The van der Waals surface area contributed by atoms with E-state index in [-0.39, 0.29) is 17.3 Å². The first-order chi connectivity index (χ1) is 12.4. The predicted octanol–water partition coefficient (Wildman–Crippen LogP) is 3.76. The molecule has 3 aromatic rings. The standard InChI is InChI=1S/C20H19NO4S/c1-15-10-12-18(13-11-15)26(23,24)21-17(7-5-9-20(22)25-2)14-16-6-3-4-8-19(16)21/h3-8,10-14H,9H2,1-2H3/b7-5+. The number of para-hydroxylation sites is 1. The Morgan fingerprint density at radius 3 is 2.50 bits per heavy atom. The number of esters is 1. The first-order valence-corrected chi connectivity index (χ1v) is 9.53. The zero-order chi connectivity index (χ0) is 18.7. The van der Waals surface area contributed by atoms with Crippen molar-refractivity contribution in [3.8, 4) is 0 Å². The van der Waals surface area contributed by atoms with Gasteiger partial charge in [-0.3, -0.25) is 4.79 Å². The van der Waals surface area contributed by atoms with Gasteiger partial charge in [0.1, 0.15) is 0 Å². The van der Waals surface area contributed by atoms with Crippen LogP contribution in [0.25, 0.3) is 17.0 Å². The molecule has 0 unspecified atom stereocenters. The summed E-state index contributed by atoms with van der Waals surface area (Å²) in [4.78, 5) is 11.5. The number of ether oxygens (including phenoxy) is 1. The Labute approximate surface area is 152 Å². The molecule has 0 radical (unpaired) electrons. The van der Waals surface area contributed by atoms with Crippen molar-refractivity contribution in [2.75, 3.05) is 7.11 Å². The van der Waals surface area contributed by atoms with E-state index in [1.54, 1.807) is 54.6 Å². The number of hydrogen-bond donors (Lipinski definition) is 0. The second kappa shape index (κ2) is 7.17. The molecule has 0 aliphatic heterocycles. The molecule has 0 atom stereocenters. The van der Waals surface area contributed by atoms with Crippen molar-refractivity contribution in [2.24, 2.45) is 0 Å². The molecule has 0 aliphatic rings. The van der Waals surface area contributed by atoms with Crippen LogP contribution in [0.4, 0.5) is 0 Å². The number of rotatable bonds is 5. The van der Waals surface area contributed by atoms with Crippen LogP contribution in [0.15, 0.2) is 65.6 Å². The predicted molar refractivity (Wildman–Crippen MR) is 101 cm³/mol. The highest BCUT2D eigenvalue weighted by molar-refractivity contribution is 7.90. The molecule has 5 nitrogen and oxygen atoms in total. The van der Waals surface area contributed by atoms with Crippen LogP contribution in [0.5, 0.6) is 0 Å². The molecule has 6 heteroatoms. The number of benzene rings is 2. The molecule has 0 N–H and O–H groups in total. The fourth-order valence-electron chi connectivity index (χ4n) is 2.71. The zero-order valence-corrected chi connectivity index (χ0v) is 15.4. The summed E-state index contributed by atoms with van der Waals surface area (Å²) in [7, 11) is -2.46. The minimum Gasteiger partial charge on any atom is -0.469 e. The molecule has 2 aromatic carbocycles. The number of nitrogens with zero attached hydrogens (tertiary/aromatic N) is 1. The maximum Gasteiger partial charge on any atom is 0.309 e. The summed E-state index contributed by atoms with van der Waals surface area (Å²) in [6, 6.07) is 15.8. The Hall–Kier alpha value is -2.86. The molecule has 1 heterocycles. The van der Waals surface area contributed by atoms with Crippen molar-refractivity contribution in [2.45, 2.75) is 18.2 Å². The average molecular weight is 369 g/mol. The van der Waals surface area contributed by atoms with Gasteiger partial charge in [-0.25, -0.2) is 12.4 Å². The van der Waals surface area contributed by atoms with E-state index in [0.29, 0.717) is 11.2 Å². The smallest absolute Gasteiger partial charge is 0.309 e. The lowest BCUT2D eigenvalue weighted by Crippen LogP contribution is -2.14. The lowest BCUT2D eigenvalue weighted by atomic mass is 10.2. The molecule has 0 aliphatic carbocycles. The Balaban J connectivity index is 2.15. The highest BCUT2D eigenvalue weighted by atomic mass is 32.2. The third-order valence-corrected chi connectivity index (χ3v) is 5.81. The molecule has 3 rings (SSSR count). The van der Waals surface area contributed by atoms with E-state index >= 15 is 0 Å². The van der Waals surface area contributed by atoms with Crippen LogP contribution >= 0.6 is 0 Å². The van der Waals surface area contributed by atoms with Crippen LogP contribution in [0, 0.1) is 6.92 Å². The SMILES string of the molecule is COC(=O)C/C=C/c1cc2ccccc2n1S(=O)(=O)c1ccc(C)cc1. The molecular weight excluding hydrogens is 350 g/mol. The zero-order valence-electron chi connectivity index (χ0n) is 14.5. The van der Waals surface area contributed by atoms with E-state index in [0.717, 1.165) is 10.9 Å². The Morgan fingerprint density at radius 2 is 1.81 bits per heavy atom. The number of carbonyl (C=O) groups is 1. The molecule has 0 bridgehead atoms. The van der Waals surface area contributed by atoms with Gasteiger partial charge in [0.25, 0.3) is 10.0 Å². The van der Waals surface area contributed by atoms with Crippen molar-refractivity contribution in [1.29, 1.82) is 0 Å². The van der Waals surface area contributed by atoms with Gasteiger partial charge in [-0.05, 0) is 37.3 Å². The molecule has 134 valence electrons. The van der Waals surface area contributed by atoms with Gasteiger partial charge in [0, 0.05) is 5.39 Å². The minimum absolute atomic E-state index is 0.0720. The molecular formula is C20H19NO4S. The third-order valence-electron chi connectivity index (χ3n) is 4.05. The molecule has 1 aromatic heterocycles. The van der Waals surface area contributed by atoms with Crippen molar-refractivity contribution in [3.05, 3.63) is 71.9 Å². The summed E-state index contributed by atoms with van der Waals surface area (Å²) < 4.78 is 32.4. The Morgan fingerprint density at radius 1 is 1.12 bits per heavy atom. The normalized spacial score (nSPS) is 11.9. The molecule has 0 saturated heterocycles. The van der Waals surface area contributed by atoms with Gasteiger partial charge in [0.15, 0.2) is 0 Å². The highest BCUT2D eigenvalue weighted by Crippen LogP contribution is 2.26. The van der Waals surface area contributed by atoms with Gasteiger partial charge in [0.2, 0.25) is 0 Å². The third kappa shape index (κ3) is 3.41. The first kappa shape index (κ1) is 17.9. The summed E-state index contributed by atoms with van der Waals surface area (Å²) in [5, 5.41) is 0.806. The number of aromatic nitrogens is 1. The maximum absolute atomic E-state index is 13.2. The largest absolute Gasteiger partial charge is 0.469 e. The lowest BCUT2D eigenvalue weighted by Gasteiger charge is -2.10. The fraction of sp³-hybridized carbons (Fsp3) is 0.150. The number of aryl methyl sites for hydroxylation is 1. The van der Waals surface area contributed by atoms with Crippen LogP contribution in [0.2, 0.25) is 0 Å². The number of fused-ring (bicyclic) bond motifs is 1. The van der Waals surface area contributed by atoms with Crippen molar-refractivity contribution < 1.29 is 17.9 Å². The number of hydrogen-bond acceptors (Lipinski definition) is 4. The van der Waals surface area contributed by atoms with E-state index < -0.39 is 10.0 Å². The Bertz CT molecular complexity index is 1080. The van der Waals surface area contributed by atoms with Gasteiger partial charge in [0.05, 0.1) is 29.6 Å². The molecule has 26 heavy (non-hydrogen) atoms. The summed E-state index contributed by atoms with van der Waals surface area (Å²) in [6.07, 6.45) is 3.30. The molecule has 0 saturated carbocycles. The van der Waals surface area contributed by atoms with Crippen LogP contribution in [-0.4, -0.2) is 25.5 Å². The van der Waals surface area contributed by atoms with Crippen molar-refractivity contribution in [3.63, 3.8) is 0 Å². The molecule has 0 amide bonds. The fourth-order valence-corrected chi connectivity index (χ4v) is 4.22.